The highest BCUT2D eigenvalue weighted by atomic mass is 16.1. The highest BCUT2D eigenvalue weighted by molar-refractivity contribution is 5.41. The van der Waals surface area contributed by atoms with E-state index >= 15 is 0 Å². The van der Waals surface area contributed by atoms with E-state index in [2.05, 4.69) is 5.10 Å². The van der Waals surface area contributed by atoms with Crippen LogP contribution in [-0.2, 0) is 6.42 Å². The summed E-state index contributed by atoms with van der Waals surface area (Å²) in [4.78, 5) is 11.8. The van der Waals surface area contributed by atoms with Crippen LogP contribution in [0.3, 0.4) is 0 Å². The van der Waals surface area contributed by atoms with Gasteiger partial charge in [0.15, 0.2) is 0 Å². The Hall–Kier alpha value is -1.81. The summed E-state index contributed by atoms with van der Waals surface area (Å²) in [6.45, 7) is 4.45. The third-order valence-corrected chi connectivity index (χ3v) is 3.01. The smallest absolute Gasteiger partial charge is 0.267 e. The zero-order valence-corrected chi connectivity index (χ0v) is 10.2. The summed E-state index contributed by atoms with van der Waals surface area (Å²) in [5, 5.41) is 2.86. The van der Waals surface area contributed by atoms with E-state index in [1.807, 2.05) is 42.8 Å². The lowest BCUT2D eigenvalue weighted by Crippen LogP contribution is -2.12. The molecule has 3 N–H and O–H groups in total. The van der Waals surface area contributed by atoms with Crippen molar-refractivity contribution in [1.82, 2.24) is 9.78 Å². The molecule has 1 aromatic heterocycles. The number of aryl methyl sites for hydroxylation is 1. The van der Waals surface area contributed by atoms with Crippen LogP contribution >= 0.6 is 0 Å². The number of nitrogens with zero attached hydrogens (tertiary/aromatic N) is 1. The molecule has 17 heavy (non-hydrogen) atoms. The predicted molar refractivity (Wildman–Crippen MR) is 68.6 cm³/mol. The Labute approximate surface area is 100 Å². The van der Waals surface area contributed by atoms with E-state index in [1.54, 1.807) is 0 Å². The highest BCUT2D eigenvalue weighted by Crippen LogP contribution is 2.15. The maximum absolute atomic E-state index is 11.8. The van der Waals surface area contributed by atoms with Crippen molar-refractivity contribution in [2.75, 3.05) is 6.54 Å². The summed E-state index contributed by atoms with van der Waals surface area (Å²) in [6.07, 6.45) is 0.611. The summed E-state index contributed by atoms with van der Waals surface area (Å²) < 4.78 is 1.84. The molecular formula is C13H17N3O. The van der Waals surface area contributed by atoms with Gasteiger partial charge >= 0.3 is 0 Å². The van der Waals surface area contributed by atoms with Crippen LogP contribution in [0.1, 0.15) is 16.8 Å². The number of nitrogens with one attached hydrogen (secondary N) is 1. The maximum Gasteiger partial charge on any atom is 0.267 e. The monoisotopic (exact) mass is 231 g/mol. The van der Waals surface area contributed by atoms with E-state index in [4.69, 9.17) is 5.73 Å². The molecule has 0 aliphatic rings. The Morgan fingerprint density at radius 1 is 1.29 bits per heavy atom. The van der Waals surface area contributed by atoms with E-state index in [9.17, 15) is 4.79 Å². The molecule has 0 saturated heterocycles. The van der Waals surface area contributed by atoms with Crippen molar-refractivity contribution < 1.29 is 0 Å². The molecule has 1 heterocycles. The molecule has 0 aliphatic carbocycles. The molecule has 0 fully saturated rings. The molecule has 0 radical (unpaired) electrons. The van der Waals surface area contributed by atoms with Gasteiger partial charge in [0.25, 0.3) is 5.56 Å². The Balaban J connectivity index is 2.58. The average molecular weight is 231 g/mol. The SMILES string of the molecule is Cc1ccccc1-n1[nH]c(=O)c(CCN)c1C. The second-order valence-electron chi connectivity index (χ2n) is 4.17. The molecule has 2 aromatic rings. The van der Waals surface area contributed by atoms with E-state index in [-0.39, 0.29) is 5.56 Å². The maximum atomic E-state index is 11.8. The van der Waals surface area contributed by atoms with Crippen molar-refractivity contribution in [3.63, 3.8) is 0 Å². The molecule has 0 aliphatic heterocycles. The van der Waals surface area contributed by atoms with E-state index in [0.717, 1.165) is 22.5 Å². The first-order valence-electron chi connectivity index (χ1n) is 5.71. The topological polar surface area (TPSA) is 63.8 Å². The number of rotatable bonds is 3. The van der Waals surface area contributed by atoms with Gasteiger partial charge in [-0.2, -0.15) is 0 Å². The molecule has 2 rings (SSSR count). The van der Waals surface area contributed by atoms with Gasteiger partial charge in [-0.3, -0.25) is 14.6 Å². The largest absolute Gasteiger partial charge is 0.330 e. The molecule has 1 aromatic carbocycles. The van der Waals surface area contributed by atoms with Gasteiger partial charge < -0.3 is 5.73 Å². The third-order valence-electron chi connectivity index (χ3n) is 3.01. The summed E-state index contributed by atoms with van der Waals surface area (Å²) in [5.41, 5.74) is 9.31. The summed E-state index contributed by atoms with van der Waals surface area (Å²) in [6, 6.07) is 7.96. The van der Waals surface area contributed by atoms with E-state index in [0.29, 0.717) is 13.0 Å². The van der Waals surface area contributed by atoms with Crippen molar-refractivity contribution in [3.8, 4) is 5.69 Å². The number of hydrogen-bond acceptors (Lipinski definition) is 2. The number of benzene rings is 1. The molecule has 90 valence electrons. The zero-order chi connectivity index (χ0) is 12.4. The van der Waals surface area contributed by atoms with Crippen molar-refractivity contribution in [1.29, 1.82) is 0 Å². The van der Waals surface area contributed by atoms with Gasteiger partial charge in [-0.25, -0.2) is 0 Å². The minimum Gasteiger partial charge on any atom is -0.330 e. The highest BCUT2D eigenvalue weighted by Gasteiger charge is 2.12. The summed E-state index contributed by atoms with van der Waals surface area (Å²) in [5.74, 6) is 0. The van der Waals surface area contributed by atoms with Crippen LogP contribution in [0.15, 0.2) is 29.1 Å². The van der Waals surface area contributed by atoms with Crippen LogP contribution < -0.4 is 11.3 Å². The van der Waals surface area contributed by atoms with Crippen molar-refractivity contribution in [2.24, 2.45) is 5.73 Å². The third kappa shape index (κ3) is 2.03. The minimum atomic E-state index is -0.0452. The van der Waals surface area contributed by atoms with Crippen molar-refractivity contribution in [2.45, 2.75) is 20.3 Å². The Morgan fingerprint density at radius 2 is 2.00 bits per heavy atom. The Bertz CT molecular complexity index is 581. The van der Waals surface area contributed by atoms with Gasteiger partial charge in [-0.1, -0.05) is 18.2 Å². The van der Waals surface area contributed by atoms with Crippen molar-refractivity contribution in [3.05, 3.63) is 51.4 Å². The van der Waals surface area contributed by atoms with Crippen LogP contribution in [0.5, 0.6) is 0 Å². The number of para-hydroxylation sites is 1. The fourth-order valence-corrected chi connectivity index (χ4v) is 2.05. The molecular weight excluding hydrogens is 214 g/mol. The first-order chi connectivity index (χ1) is 8.15. The summed E-state index contributed by atoms with van der Waals surface area (Å²) in [7, 11) is 0. The number of aromatic nitrogens is 2. The number of aromatic amines is 1. The Morgan fingerprint density at radius 3 is 2.65 bits per heavy atom. The predicted octanol–water partition coefficient (Wildman–Crippen LogP) is 1.28. The fraction of sp³-hybridized carbons (Fsp3) is 0.308. The zero-order valence-electron chi connectivity index (χ0n) is 10.2. The van der Waals surface area contributed by atoms with Gasteiger partial charge in [0.05, 0.1) is 5.69 Å². The first-order valence-corrected chi connectivity index (χ1v) is 5.71. The molecule has 0 amide bonds. The molecule has 0 bridgehead atoms. The molecule has 0 unspecified atom stereocenters. The van der Waals surface area contributed by atoms with Gasteiger partial charge in [-0.05, 0) is 38.4 Å². The summed E-state index contributed by atoms with van der Waals surface area (Å²) >= 11 is 0. The van der Waals surface area contributed by atoms with Crippen LogP contribution in [0.25, 0.3) is 5.69 Å². The fourth-order valence-electron chi connectivity index (χ4n) is 2.05. The standard InChI is InChI=1S/C13H17N3O/c1-9-5-3-4-6-12(9)16-10(2)11(7-8-14)13(17)15-16/h3-6H,7-8,14H2,1-2H3,(H,15,17). The van der Waals surface area contributed by atoms with Gasteiger partial charge in [-0.15, -0.1) is 0 Å². The van der Waals surface area contributed by atoms with Crippen LogP contribution in [-0.4, -0.2) is 16.3 Å². The van der Waals surface area contributed by atoms with Gasteiger partial charge in [0.1, 0.15) is 0 Å². The first kappa shape index (κ1) is 11.7. The normalized spacial score (nSPS) is 10.8. The number of H-pyrrole nitrogens is 1. The molecule has 4 heteroatoms. The van der Waals surface area contributed by atoms with Crippen LogP contribution in [0.2, 0.25) is 0 Å². The minimum absolute atomic E-state index is 0.0452. The molecule has 4 nitrogen and oxygen atoms in total. The quantitative estimate of drug-likeness (QED) is 0.836. The van der Waals surface area contributed by atoms with Crippen LogP contribution in [0.4, 0.5) is 0 Å². The van der Waals surface area contributed by atoms with Crippen LogP contribution in [0, 0.1) is 13.8 Å². The molecule has 0 atom stereocenters. The number of nitrogens with two attached hydrogens (primary N) is 1. The number of hydrogen-bond donors (Lipinski definition) is 2. The lowest BCUT2D eigenvalue weighted by Gasteiger charge is -2.08. The van der Waals surface area contributed by atoms with E-state index in [1.165, 1.54) is 0 Å². The lowest BCUT2D eigenvalue weighted by atomic mass is 10.1. The lowest BCUT2D eigenvalue weighted by molar-refractivity contribution is 0.826. The second kappa shape index (κ2) is 4.59. The Kier molecular flexibility index (Phi) is 3.15. The van der Waals surface area contributed by atoms with Crippen molar-refractivity contribution >= 4 is 0 Å². The van der Waals surface area contributed by atoms with E-state index < -0.39 is 0 Å². The molecule has 0 saturated carbocycles. The molecule has 0 spiro atoms. The second-order valence-corrected chi connectivity index (χ2v) is 4.17. The van der Waals surface area contributed by atoms with Gasteiger partial charge in [0, 0.05) is 11.3 Å². The average Bonchev–Trinajstić information content (AvgIpc) is 2.58. The van der Waals surface area contributed by atoms with Gasteiger partial charge in [0.2, 0.25) is 0 Å².